The van der Waals surface area contributed by atoms with E-state index in [0.717, 1.165) is 24.1 Å². The van der Waals surface area contributed by atoms with Gasteiger partial charge in [0.05, 0.1) is 18.4 Å². The van der Waals surface area contributed by atoms with E-state index in [4.69, 9.17) is 4.74 Å². The molecule has 2 aromatic carbocycles. The van der Waals surface area contributed by atoms with Gasteiger partial charge in [-0.25, -0.2) is 0 Å². The molecule has 29 heavy (non-hydrogen) atoms. The number of methoxy groups -OCH3 is 1. The molecule has 152 valence electrons. The number of carbonyl (C=O) groups excluding carboxylic acids is 1. The van der Waals surface area contributed by atoms with E-state index in [9.17, 15) is 4.79 Å². The van der Waals surface area contributed by atoms with E-state index in [1.54, 1.807) is 11.8 Å². The van der Waals surface area contributed by atoms with Crippen molar-refractivity contribution in [3.8, 4) is 11.4 Å². The Balaban J connectivity index is 1.73. The van der Waals surface area contributed by atoms with Crippen LogP contribution in [0.1, 0.15) is 38.3 Å². The fourth-order valence-corrected chi connectivity index (χ4v) is 3.81. The minimum absolute atomic E-state index is 0.0121. The molecule has 2 atom stereocenters. The molecule has 0 radical (unpaired) electrons. The van der Waals surface area contributed by atoms with Gasteiger partial charge in [0.2, 0.25) is 11.1 Å². The van der Waals surface area contributed by atoms with Crippen molar-refractivity contribution in [3.63, 3.8) is 0 Å². The molecule has 1 heterocycles. The van der Waals surface area contributed by atoms with Crippen molar-refractivity contribution in [2.75, 3.05) is 7.11 Å². The van der Waals surface area contributed by atoms with Crippen molar-refractivity contribution in [1.82, 2.24) is 25.5 Å². The highest BCUT2D eigenvalue weighted by atomic mass is 32.2. The zero-order valence-corrected chi connectivity index (χ0v) is 17.6. The van der Waals surface area contributed by atoms with Crippen LogP contribution >= 0.6 is 11.8 Å². The summed E-state index contributed by atoms with van der Waals surface area (Å²) >= 11 is 1.31. The predicted octanol–water partition coefficient (Wildman–Crippen LogP) is 3.81. The Labute approximate surface area is 174 Å². The molecule has 1 aromatic heterocycles. The number of hydrogen-bond donors (Lipinski definition) is 1. The standard InChI is InChI=1S/C21H25N5O2S/c1-4-10-17(16-11-6-5-7-12-16)22-20(27)15(2)29-21-23-24-25-26(21)18-13-8-9-14-19(18)28-3/h5-9,11-15,17H,4,10H2,1-3H3,(H,22,27)/t15-,17+/m0/s1. The first kappa shape index (κ1) is 20.9. The summed E-state index contributed by atoms with van der Waals surface area (Å²) in [4.78, 5) is 12.9. The summed E-state index contributed by atoms with van der Waals surface area (Å²) in [6.45, 7) is 3.97. The lowest BCUT2D eigenvalue weighted by Crippen LogP contribution is -2.34. The molecular formula is C21H25N5O2S. The van der Waals surface area contributed by atoms with Crippen molar-refractivity contribution in [3.05, 3.63) is 60.2 Å². The predicted molar refractivity (Wildman–Crippen MR) is 113 cm³/mol. The molecule has 3 rings (SSSR count). The summed E-state index contributed by atoms with van der Waals surface area (Å²) in [6.07, 6.45) is 1.86. The van der Waals surface area contributed by atoms with Crippen molar-refractivity contribution in [1.29, 1.82) is 0 Å². The lowest BCUT2D eigenvalue weighted by Gasteiger charge is -2.21. The monoisotopic (exact) mass is 411 g/mol. The molecule has 7 nitrogen and oxygen atoms in total. The summed E-state index contributed by atoms with van der Waals surface area (Å²) in [7, 11) is 1.60. The third kappa shape index (κ3) is 5.14. The second-order valence-corrected chi connectivity index (χ2v) is 7.87. The highest BCUT2D eigenvalue weighted by Crippen LogP contribution is 2.28. The zero-order chi connectivity index (χ0) is 20.6. The van der Waals surface area contributed by atoms with Gasteiger partial charge in [-0.3, -0.25) is 4.79 Å². The quantitative estimate of drug-likeness (QED) is 0.539. The maximum Gasteiger partial charge on any atom is 0.233 e. The van der Waals surface area contributed by atoms with E-state index in [0.29, 0.717) is 10.9 Å². The number of para-hydroxylation sites is 2. The number of amides is 1. The van der Waals surface area contributed by atoms with Crippen LogP contribution in [0, 0.1) is 0 Å². The number of hydrogen-bond acceptors (Lipinski definition) is 6. The van der Waals surface area contributed by atoms with Gasteiger partial charge >= 0.3 is 0 Å². The van der Waals surface area contributed by atoms with Crippen molar-refractivity contribution < 1.29 is 9.53 Å². The second kappa shape index (κ2) is 10.1. The highest BCUT2D eigenvalue weighted by Gasteiger charge is 2.23. The van der Waals surface area contributed by atoms with E-state index in [1.807, 2.05) is 61.5 Å². The Morgan fingerprint density at radius 1 is 1.17 bits per heavy atom. The van der Waals surface area contributed by atoms with Crippen LogP contribution in [0.15, 0.2) is 59.8 Å². The number of carbonyl (C=O) groups is 1. The van der Waals surface area contributed by atoms with Gasteiger partial charge in [-0.2, -0.15) is 4.68 Å². The van der Waals surface area contributed by atoms with Crippen LogP contribution < -0.4 is 10.1 Å². The van der Waals surface area contributed by atoms with Gasteiger partial charge in [0.25, 0.3) is 0 Å². The molecule has 0 aliphatic heterocycles. The number of ether oxygens (including phenoxy) is 1. The molecule has 0 unspecified atom stereocenters. The molecule has 1 N–H and O–H groups in total. The van der Waals surface area contributed by atoms with Crippen LogP contribution in [0.5, 0.6) is 5.75 Å². The summed E-state index contributed by atoms with van der Waals surface area (Å²) in [5, 5.41) is 15.3. The van der Waals surface area contributed by atoms with Crippen molar-refractivity contribution in [2.45, 2.75) is 43.1 Å². The molecule has 0 saturated heterocycles. The van der Waals surface area contributed by atoms with Gasteiger partial charge in [0.15, 0.2) is 0 Å². The Morgan fingerprint density at radius 3 is 2.62 bits per heavy atom. The average molecular weight is 412 g/mol. The number of thioether (sulfide) groups is 1. The van der Waals surface area contributed by atoms with Gasteiger partial charge in [-0.15, -0.1) is 5.10 Å². The minimum Gasteiger partial charge on any atom is -0.494 e. The summed E-state index contributed by atoms with van der Waals surface area (Å²) in [5.41, 5.74) is 1.84. The maximum absolute atomic E-state index is 12.9. The highest BCUT2D eigenvalue weighted by molar-refractivity contribution is 8.00. The Bertz CT molecular complexity index is 932. The topological polar surface area (TPSA) is 81.9 Å². The smallest absolute Gasteiger partial charge is 0.233 e. The van der Waals surface area contributed by atoms with Gasteiger partial charge in [0, 0.05) is 0 Å². The molecule has 0 fully saturated rings. The van der Waals surface area contributed by atoms with Crippen molar-refractivity contribution >= 4 is 17.7 Å². The van der Waals surface area contributed by atoms with E-state index in [1.165, 1.54) is 11.8 Å². The van der Waals surface area contributed by atoms with E-state index < -0.39 is 0 Å². The number of nitrogens with zero attached hydrogens (tertiary/aromatic N) is 4. The second-order valence-electron chi connectivity index (χ2n) is 6.57. The largest absolute Gasteiger partial charge is 0.494 e. The summed E-state index contributed by atoms with van der Waals surface area (Å²) < 4.78 is 6.99. The SMILES string of the molecule is CCC[C@@H](NC(=O)[C@H](C)Sc1nnnn1-c1ccccc1OC)c1ccccc1. The number of benzene rings is 2. The first-order chi connectivity index (χ1) is 14.1. The first-order valence-electron chi connectivity index (χ1n) is 9.57. The van der Waals surface area contributed by atoms with Gasteiger partial charge in [-0.05, 0) is 41.5 Å². The fraction of sp³-hybridized carbons (Fsp3) is 0.333. The van der Waals surface area contributed by atoms with E-state index >= 15 is 0 Å². The average Bonchev–Trinajstić information content (AvgIpc) is 3.21. The number of tetrazole rings is 1. The molecule has 8 heteroatoms. The third-order valence-electron chi connectivity index (χ3n) is 4.50. The fourth-order valence-electron chi connectivity index (χ4n) is 3.01. The van der Waals surface area contributed by atoms with E-state index in [-0.39, 0.29) is 17.2 Å². The minimum atomic E-state index is -0.363. The number of rotatable bonds is 9. The lowest BCUT2D eigenvalue weighted by molar-refractivity contribution is -0.121. The molecular weight excluding hydrogens is 386 g/mol. The van der Waals surface area contributed by atoms with E-state index in [2.05, 4.69) is 27.8 Å². The number of aromatic nitrogens is 4. The van der Waals surface area contributed by atoms with Crippen LogP contribution in [-0.4, -0.2) is 38.5 Å². The van der Waals surface area contributed by atoms with Crippen LogP contribution in [0.3, 0.4) is 0 Å². The number of nitrogens with one attached hydrogen (secondary N) is 1. The first-order valence-corrected chi connectivity index (χ1v) is 10.5. The van der Waals surface area contributed by atoms with Gasteiger partial charge < -0.3 is 10.1 Å². The molecule has 0 aliphatic carbocycles. The van der Waals surface area contributed by atoms with Crippen LogP contribution in [0.2, 0.25) is 0 Å². The van der Waals surface area contributed by atoms with Gasteiger partial charge in [-0.1, -0.05) is 67.6 Å². The molecule has 0 saturated carbocycles. The maximum atomic E-state index is 12.9. The van der Waals surface area contributed by atoms with Crippen LogP contribution in [0.4, 0.5) is 0 Å². The lowest BCUT2D eigenvalue weighted by atomic mass is 10.0. The summed E-state index contributed by atoms with van der Waals surface area (Å²) in [6, 6.07) is 17.5. The Kier molecular flexibility index (Phi) is 7.24. The zero-order valence-electron chi connectivity index (χ0n) is 16.8. The third-order valence-corrected chi connectivity index (χ3v) is 5.53. The van der Waals surface area contributed by atoms with Gasteiger partial charge in [0.1, 0.15) is 11.4 Å². The molecule has 0 bridgehead atoms. The molecule has 3 aromatic rings. The molecule has 0 spiro atoms. The van der Waals surface area contributed by atoms with Crippen molar-refractivity contribution in [2.24, 2.45) is 0 Å². The summed E-state index contributed by atoms with van der Waals surface area (Å²) in [5.74, 6) is 0.609. The van der Waals surface area contributed by atoms with Crippen LogP contribution in [0.25, 0.3) is 5.69 Å². The normalized spacial score (nSPS) is 12.9. The van der Waals surface area contributed by atoms with Crippen LogP contribution in [-0.2, 0) is 4.79 Å². The molecule has 0 aliphatic rings. The Hall–Kier alpha value is -2.87. The Morgan fingerprint density at radius 2 is 1.90 bits per heavy atom. The molecule has 1 amide bonds.